The largest absolute Gasteiger partial charge is 0.496 e. The number of ether oxygens (including phenoxy) is 1. The summed E-state index contributed by atoms with van der Waals surface area (Å²) in [6.45, 7) is 0. The molecule has 3 N–H and O–H groups in total. The molecule has 1 heterocycles. The van der Waals surface area contributed by atoms with Gasteiger partial charge in [-0.2, -0.15) is 5.10 Å². The van der Waals surface area contributed by atoms with Crippen LogP contribution < -0.4 is 10.5 Å². The van der Waals surface area contributed by atoms with Crippen molar-refractivity contribution in [3.8, 4) is 17.1 Å². The Morgan fingerprint density at radius 3 is 2.70 bits per heavy atom. The molecule has 0 unspecified atom stereocenters. The Bertz CT molecular complexity index is 848. The van der Waals surface area contributed by atoms with Crippen LogP contribution in [0.15, 0.2) is 36.4 Å². The molecule has 0 atom stereocenters. The van der Waals surface area contributed by atoms with E-state index in [1.165, 1.54) is 0 Å². The van der Waals surface area contributed by atoms with E-state index >= 15 is 0 Å². The van der Waals surface area contributed by atoms with E-state index in [1.807, 2.05) is 24.3 Å². The quantitative estimate of drug-likeness (QED) is 0.699. The third-order valence-corrected chi connectivity index (χ3v) is 4.10. The second-order valence-electron chi connectivity index (χ2n) is 4.95. The molecule has 2 aromatic carbocycles. The van der Waals surface area contributed by atoms with Crippen LogP contribution in [0.4, 0.5) is 5.69 Å². The number of H-pyrrole nitrogens is 1. The predicted molar refractivity (Wildman–Crippen MR) is 92.1 cm³/mol. The van der Waals surface area contributed by atoms with E-state index in [9.17, 15) is 0 Å². The number of nitrogens with zero attached hydrogens (tertiary/aromatic N) is 2. The number of anilines is 1. The van der Waals surface area contributed by atoms with E-state index < -0.39 is 0 Å². The maximum atomic E-state index is 6.17. The Balaban J connectivity index is 1.93. The van der Waals surface area contributed by atoms with Crippen LogP contribution in [0.3, 0.4) is 0 Å². The SMILES string of the molecule is COc1cc(N)c(Cl)cc1-c1n[nH]c(Cc2ccccc2Cl)n1. The van der Waals surface area contributed by atoms with Gasteiger partial charge in [-0.3, -0.25) is 5.10 Å². The minimum atomic E-state index is 0.429. The highest BCUT2D eigenvalue weighted by Gasteiger charge is 2.15. The van der Waals surface area contributed by atoms with Gasteiger partial charge in [0.2, 0.25) is 0 Å². The fraction of sp³-hybridized carbons (Fsp3) is 0.125. The second kappa shape index (κ2) is 6.48. The molecule has 0 saturated carbocycles. The molecule has 0 spiro atoms. The topological polar surface area (TPSA) is 76.8 Å². The summed E-state index contributed by atoms with van der Waals surface area (Å²) < 4.78 is 5.33. The third-order valence-electron chi connectivity index (χ3n) is 3.41. The molecule has 118 valence electrons. The predicted octanol–water partition coefficient (Wildman–Crippen LogP) is 3.96. The number of hydrogen-bond acceptors (Lipinski definition) is 4. The Hall–Kier alpha value is -2.24. The van der Waals surface area contributed by atoms with Gasteiger partial charge in [-0.05, 0) is 17.7 Å². The number of nitrogen functional groups attached to an aromatic ring is 1. The average molecular weight is 349 g/mol. The van der Waals surface area contributed by atoms with E-state index in [1.54, 1.807) is 19.2 Å². The Morgan fingerprint density at radius 2 is 1.96 bits per heavy atom. The van der Waals surface area contributed by atoms with Crippen molar-refractivity contribution in [2.24, 2.45) is 0 Å². The van der Waals surface area contributed by atoms with Crippen LogP contribution in [-0.2, 0) is 6.42 Å². The van der Waals surface area contributed by atoms with Gasteiger partial charge < -0.3 is 10.5 Å². The monoisotopic (exact) mass is 348 g/mol. The van der Waals surface area contributed by atoms with Crippen LogP contribution in [0.25, 0.3) is 11.4 Å². The molecule has 0 aliphatic carbocycles. The number of nitrogens with two attached hydrogens (primary N) is 1. The van der Waals surface area contributed by atoms with Gasteiger partial charge in [0, 0.05) is 17.5 Å². The van der Waals surface area contributed by atoms with Gasteiger partial charge in [0.25, 0.3) is 0 Å². The number of nitrogens with one attached hydrogen (secondary N) is 1. The third kappa shape index (κ3) is 3.25. The molecular weight excluding hydrogens is 335 g/mol. The first-order valence-electron chi connectivity index (χ1n) is 6.86. The molecule has 3 aromatic rings. The van der Waals surface area contributed by atoms with Crippen molar-refractivity contribution in [2.45, 2.75) is 6.42 Å². The fourth-order valence-electron chi connectivity index (χ4n) is 2.23. The van der Waals surface area contributed by atoms with Crippen molar-refractivity contribution >= 4 is 28.9 Å². The molecular formula is C16H14Cl2N4O. The summed E-state index contributed by atoms with van der Waals surface area (Å²) in [5.74, 6) is 1.75. The number of methoxy groups -OCH3 is 1. The zero-order chi connectivity index (χ0) is 16.4. The van der Waals surface area contributed by atoms with Crippen molar-refractivity contribution in [1.29, 1.82) is 0 Å². The molecule has 5 nitrogen and oxygen atoms in total. The summed E-state index contributed by atoms with van der Waals surface area (Å²) in [7, 11) is 1.56. The van der Waals surface area contributed by atoms with Gasteiger partial charge in [-0.1, -0.05) is 41.4 Å². The number of aromatic amines is 1. The van der Waals surface area contributed by atoms with Gasteiger partial charge in [0.05, 0.1) is 23.4 Å². The maximum absolute atomic E-state index is 6.17. The first-order chi connectivity index (χ1) is 11.1. The lowest BCUT2D eigenvalue weighted by atomic mass is 10.1. The highest BCUT2D eigenvalue weighted by atomic mass is 35.5. The minimum absolute atomic E-state index is 0.429. The molecule has 0 bridgehead atoms. The van der Waals surface area contributed by atoms with E-state index in [0.717, 1.165) is 5.56 Å². The summed E-state index contributed by atoms with van der Waals surface area (Å²) in [5.41, 5.74) is 7.88. The van der Waals surface area contributed by atoms with Crippen molar-refractivity contribution in [3.05, 3.63) is 57.8 Å². The number of rotatable bonds is 4. The summed E-state index contributed by atoms with van der Waals surface area (Å²) >= 11 is 12.3. The van der Waals surface area contributed by atoms with Crippen molar-refractivity contribution < 1.29 is 4.74 Å². The van der Waals surface area contributed by atoms with Gasteiger partial charge in [-0.15, -0.1) is 0 Å². The number of hydrogen-bond donors (Lipinski definition) is 2. The lowest BCUT2D eigenvalue weighted by molar-refractivity contribution is 0.416. The molecule has 0 fully saturated rings. The lowest BCUT2D eigenvalue weighted by Crippen LogP contribution is -1.94. The number of benzene rings is 2. The zero-order valence-electron chi connectivity index (χ0n) is 12.3. The molecule has 1 aromatic heterocycles. The molecule has 0 aliphatic rings. The Kier molecular flexibility index (Phi) is 4.41. The standard InChI is InChI=1S/C16H14Cl2N4O/c1-23-14-8-13(19)12(18)7-10(14)16-20-15(21-22-16)6-9-4-2-3-5-11(9)17/h2-5,7-8H,6,19H2,1H3,(H,20,21,22). The van der Waals surface area contributed by atoms with Crippen LogP contribution in [0.5, 0.6) is 5.75 Å². The molecule has 0 saturated heterocycles. The molecule has 0 amide bonds. The smallest absolute Gasteiger partial charge is 0.184 e. The number of aromatic nitrogens is 3. The van der Waals surface area contributed by atoms with Crippen molar-refractivity contribution in [2.75, 3.05) is 12.8 Å². The zero-order valence-corrected chi connectivity index (χ0v) is 13.8. The first-order valence-corrected chi connectivity index (χ1v) is 7.62. The number of halogens is 2. The molecule has 7 heteroatoms. The van der Waals surface area contributed by atoms with Gasteiger partial charge in [0.15, 0.2) is 5.82 Å². The second-order valence-corrected chi connectivity index (χ2v) is 5.76. The summed E-state index contributed by atoms with van der Waals surface area (Å²) in [5, 5.41) is 8.27. The van der Waals surface area contributed by atoms with E-state index in [4.69, 9.17) is 33.7 Å². The van der Waals surface area contributed by atoms with E-state index in [-0.39, 0.29) is 0 Å². The van der Waals surface area contributed by atoms with E-state index in [2.05, 4.69) is 15.2 Å². The maximum Gasteiger partial charge on any atom is 0.184 e. The van der Waals surface area contributed by atoms with Crippen molar-refractivity contribution in [1.82, 2.24) is 15.2 Å². The molecule has 23 heavy (non-hydrogen) atoms. The minimum Gasteiger partial charge on any atom is -0.496 e. The van der Waals surface area contributed by atoms with Crippen LogP contribution >= 0.6 is 23.2 Å². The van der Waals surface area contributed by atoms with Crippen LogP contribution in [-0.4, -0.2) is 22.3 Å². The molecule has 3 rings (SSSR count). The van der Waals surface area contributed by atoms with Gasteiger partial charge in [0.1, 0.15) is 11.6 Å². The molecule has 0 aliphatic heterocycles. The highest BCUT2D eigenvalue weighted by molar-refractivity contribution is 6.33. The Morgan fingerprint density at radius 1 is 1.17 bits per heavy atom. The lowest BCUT2D eigenvalue weighted by Gasteiger charge is -2.07. The van der Waals surface area contributed by atoms with Crippen molar-refractivity contribution in [3.63, 3.8) is 0 Å². The van der Waals surface area contributed by atoms with Crippen LogP contribution in [0.2, 0.25) is 10.0 Å². The molecule has 0 radical (unpaired) electrons. The summed E-state index contributed by atoms with van der Waals surface area (Å²) in [6.07, 6.45) is 0.553. The van der Waals surface area contributed by atoms with Gasteiger partial charge >= 0.3 is 0 Å². The van der Waals surface area contributed by atoms with Crippen LogP contribution in [0.1, 0.15) is 11.4 Å². The summed E-state index contributed by atoms with van der Waals surface area (Å²) in [4.78, 5) is 4.49. The van der Waals surface area contributed by atoms with Crippen LogP contribution in [0, 0.1) is 0 Å². The van der Waals surface area contributed by atoms with Gasteiger partial charge in [-0.25, -0.2) is 4.98 Å². The Labute approximate surface area is 143 Å². The summed E-state index contributed by atoms with van der Waals surface area (Å²) in [6, 6.07) is 11.0. The fourth-order valence-corrected chi connectivity index (χ4v) is 2.60. The first kappa shape index (κ1) is 15.6. The highest BCUT2D eigenvalue weighted by Crippen LogP contribution is 2.34. The van der Waals surface area contributed by atoms with E-state index in [0.29, 0.717) is 45.1 Å². The normalized spacial score (nSPS) is 10.7. The average Bonchev–Trinajstić information content (AvgIpc) is 3.00.